The Labute approximate surface area is 145 Å². The van der Waals surface area contributed by atoms with Gasteiger partial charge in [0.05, 0.1) is 6.61 Å². The lowest BCUT2D eigenvalue weighted by Gasteiger charge is -2.39. The minimum Gasteiger partial charge on any atom is -0.477 e. The zero-order chi connectivity index (χ0) is 16.3. The maximum Gasteiger partial charge on any atom is 0.407 e. The third kappa shape index (κ3) is 4.02. The first-order valence-electron chi connectivity index (χ1n) is 7.53. The standard InChI is InChI=1S/C16H23IN2O3/c1-11-13(17)4-7-18-14(11)22-10-16(2,3)12-5-8-19(9-6-12)15(20)21/h4,7,12H,5-6,8-10H2,1-3H3,(H,20,21). The Hall–Kier alpha value is -1.05. The zero-order valence-electron chi connectivity index (χ0n) is 13.3. The van der Waals surface area contributed by atoms with E-state index in [1.165, 1.54) is 4.90 Å². The Kier molecular flexibility index (Phi) is 5.52. The molecule has 0 aromatic carbocycles. The van der Waals surface area contributed by atoms with Gasteiger partial charge in [-0.2, -0.15) is 0 Å². The second-order valence-electron chi connectivity index (χ2n) is 6.54. The van der Waals surface area contributed by atoms with Crippen LogP contribution in [0.15, 0.2) is 12.3 Å². The molecule has 1 aromatic rings. The highest BCUT2D eigenvalue weighted by Gasteiger charge is 2.34. The molecule has 0 radical (unpaired) electrons. The van der Waals surface area contributed by atoms with Crippen molar-refractivity contribution in [3.8, 4) is 5.88 Å². The van der Waals surface area contributed by atoms with Crippen LogP contribution in [0.4, 0.5) is 4.79 Å². The first-order chi connectivity index (χ1) is 10.3. The summed E-state index contributed by atoms with van der Waals surface area (Å²) in [5.41, 5.74) is 1.07. The lowest BCUT2D eigenvalue weighted by molar-refractivity contribution is 0.0557. The Morgan fingerprint density at radius 2 is 2.14 bits per heavy atom. The highest BCUT2D eigenvalue weighted by atomic mass is 127. The van der Waals surface area contributed by atoms with Gasteiger partial charge < -0.3 is 14.7 Å². The summed E-state index contributed by atoms with van der Waals surface area (Å²) in [6, 6.07) is 1.97. The first-order valence-corrected chi connectivity index (χ1v) is 8.61. The second-order valence-corrected chi connectivity index (χ2v) is 7.71. The Balaban J connectivity index is 1.94. The number of pyridine rings is 1. The van der Waals surface area contributed by atoms with Crippen LogP contribution in [-0.2, 0) is 0 Å². The van der Waals surface area contributed by atoms with E-state index in [-0.39, 0.29) is 5.41 Å². The van der Waals surface area contributed by atoms with Gasteiger partial charge in [0.15, 0.2) is 0 Å². The number of nitrogens with zero attached hydrogens (tertiary/aromatic N) is 2. The largest absolute Gasteiger partial charge is 0.477 e. The number of amides is 1. The van der Waals surface area contributed by atoms with Crippen LogP contribution >= 0.6 is 22.6 Å². The number of rotatable bonds is 4. The molecule has 1 N–H and O–H groups in total. The van der Waals surface area contributed by atoms with Crippen LogP contribution in [0, 0.1) is 21.8 Å². The van der Waals surface area contributed by atoms with Crippen molar-refractivity contribution >= 4 is 28.7 Å². The molecule has 0 spiro atoms. The Morgan fingerprint density at radius 3 is 2.73 bits per heavy atom. The topological polar surface area (TPSA) is 62.7 Å². The average Bonchev–Trinajstić information content (AvgIpc) is 2.49. The number of piperidine rings is 1. The van der Waals surface area contributed by atoms with Gasteiger partial charge >= 0.3 is 6.09 Å². The molecule has 1 saturated heterocycles. The van der Waals surface area contributed by atoms with Crippen molar-refractivity contribution in [2.75, 3.05) is 19.7 Å². The summed E-state index contributed by atoms with van der Waals surface area (Å²) >= 11 is 2.28. The lowest BCUT2D eigenvalue weighted by Crippen LogP contribution is -2.43. The van der Waals surface area contributed by atoms with Crippen LogP contribution in [0.25, 0.3) is 0 Å². The minimum atomic E-state index is -0.814. The zero-order valence-corrected chi connectivity index (χ0v) is 15.5. The molecular formula is C16H23IN2O3. The molecule has 0 atom stereocenters. The predicted molar refractivity (Wildman–Crippen MR) is 93.3 cm³/mol. The molecule has 6 heteroatoms. The molecule has 2 rings (SSSR count). The quantitative estimate of drug-likeness (QED) is 0.756. The fourth-order valence-electron chi connectivity index (χ4n) is 2.86. The van der Waals surface area contributed by atoms with Crippen LogP contribution in [-0.4, -0.2) is 40.8 Å². The molecule has 0 unspecified atom stereocenters. The molecule has 0 saturated carbocycles. The predicted octanol–water partition coefficient (Wildman–Crippen LogP) is 3.79. The van der Waals surface area contributed by atoms with Crippen LogP contribution in [0.1, 0.15) is 32.3 Å². The average molecular weight is 418 g/mol. The number of ether oxygens (including phenoxy) is 1. The normalized spacial score (nSPS) is 16.6. The number of carbonyl (C=O) groups is 1. The molecule has 1 amide bonds. The van der Waals surface area contributed by atoms with Crippen molar-refractivity contribution in [3.05, 3.63) is 21.4 Å². The monoisotopic (exact) mass is 418 g/mol. The maximum absolute atomic E-state index is 11.0. The van der Waals surface area contributed by atoms with Crippen LogP contribution in [0.3, 0.4) is 0 Å². The van der Waals surface area contributed by atoms with Crippen molar-refractivity contribution in [2.24, 2.45) is 11.3 Å². The molecule has 0 bridgehead atoms. The Bertz CT molecular complexity index is 540. The van der Waals surface area contributed by atoms with E-state index in [0.717, 1.165) is 22.0 Å². The van der Waals surface area contributed by atoms with E-state index in [2.05, 4.69) is 41.4 Å². The maximum atomic E-state index is 11.0. The molecule has 1 aliphatic heterocycles. The molecule has 0 aliphatic carbocycles. The van der Waals surface area contributed by atoms with Gasteiger partial charge in [0.25, 0.3) is 0 Å². The third-order valence-corrected chi connectivity index (χ3v) is 5.71. The van der Waals surface area contributed by atoms with Gasteiger partial charge in [-0.3, -0.25) is 0 Å². The number of hydrogen-bond acceptors (Lipinski definition) is 3. The Morgan fingerprint density at radius 1 is 1.50 bits per heavy atom. The van der Waals surface area contributed by atoms with E-state index >= 15 is 0 Å². The summed E-state index contributed by atoms with van der Waals surface area (Å²) in [5.74, 6) is 1.16. The van der Waals surface area contributed by atoms with E-state index in [4.69, 9.17) is 9.84 Å². The summed E-state index contributed by atoms with van der Waals surface area (Å²) in [4.78, 5) is 16.8. The molecule has 5 nitrogen and oxygen atoms in total. The highest BCUT2D eigenvalue weighted by molar-refractivity contribution is 14.1. The smallest absolute Gasteiger partial charge is 0.407 e. The van der Waals surface area contributed by atoms with Crippen molar-refractivity contribution < 1.29 is 14.6 Å². The lowest BCUT2D eigenvalue weighted by atomic mass is 9.74. The molecular weight excluding hydrogens is 395 g/mol. The van der Waals surface area contributed by atoms with Crippen molar-refractivity contribution in [1.29, 1.82) is 0 Å². The summed E-state index contributed by atoms with van der Waals surface area (Å²) in [5, 5.41) is 9.03. The third-order valence-electron chi connectivity index (χ3n) is 4.54. The number of carboxylic acid groups (broad SMARTS) is 1. The van der Waals surface area contributed by atoms with Gasteiger partial charge in [0.1, 0.15) is 0 Å². The van der Waals surface area contributed by atoms with E-state index < -0.39 is 6.09 Å². The van der Waals surface area contributed by atoms with Gasteiger partial charge in [-0.1, -0.05) is 13.8 Å². The second kappa shape index (κ2) is 7.02. The molecule has 1 aromatic heterocycles. The van der Waals surface area contributed by atoms with Crippen LogP contribution < -0.4 is 4.74 Å². The minimum absolute atomic E-state index is 0.00000898. The van der Waals surface area contributed by atoms with E-state index in [9.17, 15) is 4.79 Å². The highest BCUT2D eigenvalue weighted by Crippen LogP contribution is 2.36. The first kappa shape index (κ1) is 17.3. The fraction of sp³-hybridized carbons (Fsp3) is 0.625. The summed E-state index contributed by atoms with van der Waals surface area (Å²) in [6.45, 7) is 8.23. The van der Waals surface area contributed by atoms with Gasteiger partial charge in [-0.15, -0.1) is 0 Å². The SMILES string of the molecule is Cc1c(I)ccnc1OCC(C)(C)C1CCN(C(=O)O)CC1. The van der Waals surface area contributed by atoms with E-state index in [0.29, 0.717) is 31.5 Å². The van der Waals surface area contributed by atoms with Crippen LogP contribution in [0.5, 0.6) is 5.88 Å². The van der Waals surface area contributed by atoms with Gasteiger partial charge in [0, 0.05) is 33.8 Å². The number of halogens is 1. The van der Waals surface area contributed by atoms with Crippen molar-refractivity contribution in [3.63, 3.8) is 0 Å². The van der Waals surface area contributed by atoms with Gasteiger partial charge in [0.2, 0.25) is 5.88 Å². The number of likely N-dealkylation sites (tertiary alicyclic amines) is 1. The van der Waals surface area contributed by atoms with E-state index in [1.807, 2.05) is 13.0 Å². The van der Waals surface area contributed by atoms with Gasteiger partial charge in [-0.25, -0.2) is 9.78 Å². The van der Waals surface area contributed by atoms with Crippen molar-refractivity contribution in [2.45, 2.75) is 33.6 Å². The van der Waals surface area contributed by atoms with Crippen molar-refractivity contribution in [1.82, 2.24) is 9.88 Å². The molecule has 1 aliphatic rings. The molecule has 122 valence electrons. The summed E-state index contributed by atoms with van der Waals surface area (Å²) < 4.78 is 7.11. The summed E-state index contributed by atoms with van der Waals surface area (Å²) in [6.07, 6.45) is 2.73. The number of aromatic nitrogens is 1. The van der Waals surface area contributed by atoms with Gasteiger partial charge in [-0.05, 0) is 54.3 Å². The molecule has 2 heterocycles. The van der Waals surface area contributed by atoms with Crippen LogP contribution in [0.2, 0.25) is 0 Å². The summed E-state index contributed by atoms with van der Waals surface area (Å²) in [7, 11) is 0. The molecule has 22 heavy (non-hydrogen) atoms. The van der Waals surface area contributed by atoms with E-state index in [1.54, 1.807) is 6.20 Å². The number of hydrogen-bond donors (Lipinski definition) is 1. The molecule has 1 fully saturated rings. The fourth-order valence-corrected chi connectivity index (χ4v) is 3.26.